The van der Waals surface area contributed by atoms with Gasteiger partial charge < -0.3 is 9.84 Å². The van der Waals surface area contributed by atoms with Gasteiger partial charge >= 0.3 is 0 Å². The summed E-state index contributed by atoms with van der Waals surface area (Å²) in [5.74, 6) is 6.27. The van der Waals surface area contributed by atoms with E-state index in [-0.39, 0.29) is 12.4 Å². The van der Waals surface area contributed by atoms with Gasteiger partial charge in [0.05, 0.1) is 6.61 Å². The molecule has 0 bridgehead atoms. The predicted molar refractivity (Wildman–Crippen MR) is 80.5 cm³/mol. The van der Waals surface area contributed by atoms with Crippen molar-refractivity contribution in [3.05, 3.63) is 65.0 Å². The zero-order valence-electron chi connectivity index (χ0n) is 11.9. The molecule has 0 atom stereocenters. The molecule has 0 saturated carbocycles. The van der Waals surface area contributed by atoms with Gasteiger partial charge in [0.1, 0.15) is 18.2 Å². The van der Waals surface area contributed by atoms with Crippen LogP contribution in [0.2, 0.25) is 0 Å². The van der Waals surface area contributed by atoms with Crippen LogP contribution in [0.5, 0.6) is 5.75 Å². The summed E-state index contributed by atoms with van der Waals surface area (Å²) in [7, 11) is 0. The summed E-state index contributed by atoms with van der Waals surface area (Å²) in [5, 5.41) is 8.66. The summed E-state index contributed by atoms with van der Waals surface area (Å²) in [6.45, 7) is 2.32. The zero-order valence-corrected chi connectivity index (χ0v) is 11.9. The van der Waals surface area contributed by atoms with Crippen LogP contribution < -0.4 is 4.74 Å². The van der Waals surface area contributed by atoms with E-state index in [0.717, 1.165) is 16.7 Å². The lowest BCUT2D eigenvalue weighted by Crippen LogP contribution is -1.97. The van der Waals surface area contributed by atoms with Gasteiger partial charge in [-0.05, 0) is 48.4 Å². The van der Waals surface area contributed by atoms with Crippen LogP contribution in [0.3, 0.4) is 0 Å². The van der Waals surface area contributed by atoms with Crippen molar-refractivity contribution in [2.75, 3.05) is 6.61 Å². The number of rotatable bonds is 4. The van der Waals surface area contributed by atoms with Crippen molar-refractivity contribution < 1.29 is 14.2 Å². The molecule has 0 fully saturated rings. The maximum absolute atomic E-state index is 13.0. The minimum Gasteiger partial charge on any atom is -0.489 e. The van der Waals surface area contributed by atoms with E-state index in [2.05, 4.69) is 11.8 Å². The Balaban J connectivity index is 1.96. The van der Waals surface area contributed by atoms with E-state index < -0.39 is 0 Å². The van der Waals surface area contributed by atoms with Crippen LogP contribution in [-0.2, 0) is 6.61 Å². The Morgan fingerprint density at radius 3 is 2.57 bits per heavy atom. The molecule has 0 amide bonds. The number of aliphatic hydroxyl groups is 1. The van der Waals surface area contributed by atoms with Gasteiger partial charge in [0.25, 0.3) is 0 Å². The van der Waals surface area contributed by atoms with Gasteiger partial charge in [-0.1, -0.05) is 24.0 Å². The monoisotopic (exact) mass is 284 g/mol. The van der Waals surface area contributed by atoms with Crippen LogP contribution in [0.1, 0.15) is 23.1 Å². The minimum atomic E-state index is -0.259. The molecule has 2 aromatic rings. The standard InChI is InChI=1S/C18H17FO2/c1-14-12-17(19)9-10-18(14)21-13-16-7-5-15(6-8-16)4-2-3-11-20/h5-10,12,20H,3,11,13H2,1H3. The number of aryl methyl sites for hydroxylation is 1. The largest absolute Gasteiger partial charge is 0.489 e. The van der Waals surface area contributed by atoms with E-state index in [0.29, 0.717) is 18.8 Å². The molecular weight excluding hydrogens is 267 g/mol. The third kappa shape index (κ3) is 4.62. The van der Waals surface area contributed by atoms with Crippen molar-refractivity contribution in [3.8, 4) is 17.6 Å². The zero-order chi connectivity index (χ0) is 15.1. The van der Waals surface area contributed by atoms with E-state index in [1.54, 1.807) is 6.07 Å². The second-order valence-corrected chi connectivity index (χ2v) is 4.67. The lowest BCUT2D eigenvalue weighted by molar-refractivity contribution is 0.303. The Morgan fingerprint density at radius 2 is 1.90 bits per heavy atom. The maximum Gasteiger partial charge on any atom is 0.123 e. The van der Waals surface area contributed by atoms with Gasteiger partial charge in [0, 0.05) is 12.0 Å². The van der Waals surface area contributed by atoms with Gasteiger partial charge in [-0.15, -0.1) is 0 Å². The van der Waals surface area contributed by atoms with Crippen LogP contribution in [0.15, 0.2) is 42.5 Å². The minimum absolute atomic E-state index is 0.0793. The fourth-order valence-corrected chi connectivity index (χ4v) is 1.84. The van der Waals surface area contributed by atoms with Crippen LogP contribution in [0.4, 0.5) is 4.39 Å². The van der Waals surface area contributed by atoms with Gasteiger partial charge in [-0.2, -0.15) is 0 Å². The number of benzene rings is 2. The highest BCUT2D eigenvalue weighted by Gasteiger charge is 2.01. The molecule has 2 rings (SSSR count). The first kappa shape index (κ1) is 15.1. The van der Waals surface area contributed by atoms with Gasteiger partial charge in [0.15, 0.2) is 0 Å². The highest BCUT2D eigenvalue weighted by molar-refractivity contribution is 5.37. The molecular formula is C18H17FO2. The molecule has 0 aliphatic heterocycles. The van der Waals surface area contributed by atoms with Gasteiger partial charge in [-0.3, -0.25) is 0 Å². The van der Waals surface area contributed by atoms with Crippen molar-refractivity contribution in [3.63, 3.8) is 0 Å². The SMILES string of the molecule is Cc1cc(F)ccc1OCc1ccc(C#CCCO)cc1. The van der Waals surface area contributed by atoms with Crippen molar-refractivity contribution in [2.24, 2.45) is 0 Å². The molecule has 0 aromatic heterocycles. The van der Waals surface area contributed by atoms with E-state index in [1.807, 2.05) is 31.2 Å². The summed E-state index contributed by atoms with van der Waals surface area (Å²) >= 11 is 0. The number of ether oxygens (including phenoxy) is 1. The van der Waals surface area contributed by atoms with Crippen molar-refractivity contribution in [1.29, 1.82) is 0 Å². The van der Waals surface area contributed by atoms with Crippen molar-refractivity contribution in [1.82, 2.24) is 0 Å². The van der Waals surface area contributed by atoms with Gasteiger partial charge in [0.2, 0.25) is 0 Å². The molecule has 1 N–H and O–H groups in total. The van der Waals surface area contributed by atoms with Crippen LogP contribution in [0, 0.1) is 24.6 Å². The molecule has 21 heavy (non-hydrogen) atoms. The van der Waals surface area contributed by atoms with E-state index in [9.17, 15) is 4.39 Å². The molecule has 0 saturated heterocycles. The molecule has 0 aliphatic rings. The average Bonchev–Trinajstić information content (AvgIpc) is 2.48. The molecule has 0 radical (unpaired) electrons. The first-order chi connectivity index (χ1) is 10.2. The number of halogens is 1. The highest BCUT2D eigenvalue weighted by atomic mass is 19.1. The lowest BCUT2D eigenvalue weighted by Gasteiger charge is -2.09. The smallest absolute Gasteiger partial charge is 0.123 e. The first-order valence-electron chi connectivity index (χ1n) is 6.76. The molecule has 2 aromatic carbocycles. The van der Waals surface area contributed by atoms with E-state index >= 15 is 0 Å². The summed E-state index contributed by atoms with van der Waals surface area (Å²) < 4.78 is 18.7. The summed E-state index contributed by atoms with van der Waals surface area (Å²) in [4.78, 5) is 0. The number of hydrogen-bond donors (Lipinski definition) is 1. The Labute approximate surface area is 124 Å². The molecule has 0 aliphatic carbocycles. The van der Waals surface area contributed by atoms with E-state index in [4.69, 9.17) is 9.84 Å². The first-order valence-corrected chi connectivity index (χ1v) is 6.76. The number of hydrogen-bond acceptors (Lipinski definition) is 2. The summed E-state index contributed by atoms with van der Waals surface area (Å²) in [6, 6.07) is 12.2. The lowest BCUT2D eigenvalue weighted by atomic mass is 10.1. The second kappa shape index (κ2) is 7.47. The number of aliphatic hydroxyl groups excluding tert-OH is 1. The Morgan fingerprint density at radius 1 is 1.14 bits per heavy atom. The predicted octanol–water partition coefficient (Wildman–Crippen LogP) is 3.45. The second-order valence-electron chi connectivity index (χ2n) is 4.67. The Bertz CT molecular complexity index is 651. The molecule has 2 nitrogen and oxygen atoms in total. The fraction of sp³-hybridized carbons (Fsp3) is 0.222. The summed E-state index contributed by atoms with van der Waals surface area (Å²) in [6.07, 6.45) is 0.481. The molecule has 108 valence electrons. The third-order valence-electron chi connectivity index (χ3n) is 2.95. The molecule has 0 unspecified atom stereocenters. The highest BCUT2D eigenvalue weighted by Crippen LogP contribution is 2.19. The topological polar surface area (TPSA) is 29.5 Å². The average molecular weight is 284 g/mol. The molecule has 3 heteroatoms. The normalized spacial score (nSPS) is 9.86. The van der Waals surface area contributed by atoms with Crippen LogP contribution in [-0.4, -0.2) is 11.7 Å². The quantitative estimate of drug-likeness (QED) is 0.871. The van der Waals surface area contributed by atoms with Gasteiger partial charge in [-0.25, -0.2) is 4.39 Å². The third-order valence-corrected chi connectivity index (χ3v) is 2.95. The Kier molecular flexibility index (Phi) is 5.36. The summed E-state index contributed by atoms with van der Waals surface area (Å²) in [5.41, 5.74) is 2.71. The Hall–Kier alpha value is -2.31. The van der Waals surface area contributed by atoms with Crippen LogP contribution in [0.25, 0.3) is 0 Å². The maximum atomic E-state index is 13.0. The molecule has 0 spiro atoms. The molecule has 0 heterocycles. The fourth-order valence-electron chi connectivity index (χ4n) is 1.84. The van der Waals surface area contributed by atoms with Crippen molar-refractivity contribution in [2.45, 2.75) is 20.0 Å². The van der Waals surface area contributed by atoms with Crippen molar-refractivity contribution >= 4 is 0 Å². The van der Waals surface area contributed by atoms with E-state index in [1.165, 1.54) is 12.1 Å². The van der Waals surface area contributed by atoms with Crippen LogP contribution >= 0.6 is 0 Å².